The largest absolute Gasteiger partial charge is 0.384 e. The summed E-state index contributed by atoms with van der Waals surface area (Å²) in [4.78, 5) is 4.69. The highest BCUT2D eigenvalue weighted by Gasteiger charge is 2.26. The standard InChI is InChI=1S/C16H19FN2/c1-3-8-18-15-9-14(11-4-5-11)19-16-10(2)13(17)7-6-12(15)16/h6-7,9,11H,3-5,8H2,1-2H3,(H,18,19). The van der Waals surface area contributed by atoms with Gasteiger partial charge in [-0.3, -0.25) is 4.98 Å². The van der Waals surface area contributed by atoms with Gasteiger partial charge in [0.25, 0.3) is 0 Å². The third-order valence-electron chi connectivity index (χ3n) is 3.75. The van der Waals surface area contributed by atoms with Crippen LogP contribution in [-0.2, 0) is 0 Å². The Hall–Kier alpha value is -1.64. The van der Waals surface area contributed by atoms with Crippen LogP contribution in [0.3, 0.4) is 0 Å². The van der Waals surface area contributed by atoms with Crippen molar-refractivity contribution in [1.29, 1.82) is 0 Å². The fourth-order valence-electron chi connectivity index (χ4n) is 2.42. The van der Waals surface area contributed by atoms with E-state index in [0.29, 0.717) is 11.5 Å². The molecule has 0 spiro atoms. The fraction of sp³-hybridized carbons (Fsp3) is 0.438. The van der Waals surface area contributed by atoms with Gasteiger partial charge in [-0.1, -0.05) is 6.92 Å². The number of fused-ring (bicyclic) bond motifs is 1. The molecule has 100 valence electrons. The number of nitrogens with zero attached hydrogens (tertiary/aromatic N) is 1. The average molecular weight is 258 g/mol. The van der Waals surface area contributed by atoms with Gasteiger partial charge in [0.2, 0.25) is 0 Å². The summed E-state index contributed by atoms with van der Waals surface area (Å²) in [5.74, 6) is 0.406. The second-order valence-corrected chi connectivity index (χ2v) is 5.36. The molecule has 1 aromatic carbocycles. The number of aromatic nitrogens is 1. The third kappa shape index (κ3) is 2.29. The van der Waals surface area contributed by atoms with Gasteiger partial charge >= 0.3 is 0 Å². The summed E-state index contributed by atoms with van der Waals surface area (Å²) in [5, 5.41) is 4.47. The monoisotopic (exact) mass is 258 g/mol. The topological polar surface area (TPSA) is 24.9 Å². The molecule has 3 heteroatoms. The predicted molar refractivity (Wildman–Crippen MR) is 77.2 cm³/mol. The highest BCUT2D eigenvalue weighted by atomic mass is 19.1. The molecule has 1 aromatic heterocycles. The predicted octanol–water partition coefficient (Wildman–Crippen LogP) is 4.38. The van der Waals surface area contributed by atoms with Crippen LogP contribution < -0.4 is 5.32 Å². The highest BCUT2D eigenvalue weighted by Crippen LogP contribution is 2.41. The van der Waals surface area contributed by atoms with E-state index in [0.717, 1.165) is 35.2 Å². The summed E-state index contributed by atoms with van der Waals surface area (Å²) in [5.41, 5.74) is 3.67. The van der Waals surface area contributed by atoms with E-state index in [9.17, 15) is 4.39 Å². The molecule has 0 unspecified atom stereocenters. The van der Waals surface area contributed by atoms with E-state index >= 15 is 0 Å². The molecule has 0 radical (unpaired) electrons. The van der Waals surface area contributed by atoms with Gasteiger partial charge in [-0.25, -0.2) is 4.39 Å². The Kier molecular flexibility index (Phi) is 3.13. The van der Waals surface area contributed by atoms with E-state index in [1.54, 1.807) is 0 Å². The minimum absolute atomic E-state index is 0.172. The maximum atomic E-state index is 13.7. The molecule has 2 nitrogen and oxygen atoms in total. The highest BCUT2D eigenvalue weighted by molar-refractivity contribution is 5.93. The number of anilines is 1. The van der Waals surface area contributed by atoms with Crippen LogP contribution in [0.5, 0.6) is 0 Å². The molecule has 1 fully saturated rings. The molecule has 3 rings (SSSR count). The number of nitrogens with one attached hydrogen (secondary N) is 1. The lowest BCUT2D eigenvalue weighted by atomic mass is 10.1. The van der Waals surface area contributed by atoms with E-state index in [4.69, 9.17) is 0 Å². The van der Waals surface area contributed by atoms with Gasteiger partial charge in [0.1, 0.15) is 5.82 Å². The van der Waals surface area contributed by atoms with Gasteiger partial charge in [0, 0.05) is 34.8 Å². The van der Waals surface area contributed by atoms with Crippen LogP contribution in [0.4, 0.5) is 10.1 Å². The number of rotatable bonds is 4. The first-order valence-corrected chi connectivity index (χ1v) is 7.04. The van der Waals surface area contributed by atoms with E-state index in [1.165, 1.54) is 18.9 Å². The second-order valence-electron chi connectivity index (χ2n) is 5.36. The van der Waals surface area contributed by atoms with E-state index < -0.39 is 0 Å². The number of pyridine rings is 1. The summed E-state index contributed by atoms with van der Waals surface area (Å²) < 4.78 is 13.7. The van der Waals surface area contributed by atoms with Crippen molar-refractivity contribution in [1.82, 2.24) is 4.98 Å². The van der Waals surface area contributed by atoms with Crippen LogP contribution in [0.1, 0.15) is 43.4 Å². The first-order valence-electron chi connectivity index (χ1n) is 7.04. The number of hydrogen-bond acceptors (Lipinski definition) is 2. The molecule has 0 bridgehead atoms. The molecule has 1 saturated carbocycles. The molecular weight excluding hydrogens is 239 g/mol. The van der Waals surface area contributed by atoms with Crippen LogP contribution in [0.25, 0.3) is 10.9 Å². The van der Waals surface area contributed by atoms with Gasteiger partial charge in [-0.2, -0.15) is 0 Å². The molecule has 19 heavy (non-hydrogen) atoms. The van der Waals surface area contributed by atoms with Crippen molar-refractivity contribution in [3.63, 3.8) is 0 Å². The van der Waals surface area contributed by atoms with Gasteiger partial charge < -0.3 is 5.32 Å². The first-order chi connectivity index (χ1) is 9.20. The van der Waals surface area contributed by atoms with Gasteiger partial charge in [0.15, 0.2) is 0 Å². The Labute approximate surface area is 113 Å². The van der Waals surface area contributed by atoms with Crippen molar-refractivity contribution >= 4 is 16.6 Å². The number of hydrogen-bond donors (Lipinski definition) is 1. The molecule has 0 saturated heterocycles. The van der Waals surface area contributed by atoms with Gasteiger partial charge in [0.05, 0.1) is 5.52 Å². The van der Waals surface area contributed by atoms with Crippen LogP contribution in [0.15, 0.2) is 18.2 Å². The smallest absolute Gasteiger partial charge is 0.128 e. The molecule has 2 aromatic rings. The zero-order chi connectivity index (χ0) is 13.4. The Bertz CT molecular complexity index is 618. The normalized spacial score (nSPS) is 14.9. The number of halogens is 1. The lowest BCUT2D eigenvalue weighted by Gasteiger charge is -2.13. The van der Waals surface area contributed by atoms with Crippen LogP contribution in [0, 0.1) is 12.7 Å². The molecule has 0 aliphatic heterocycles. The van der Waals surface area contributed by atoms with E-state index in [-0.39, 0.29) is 5.82 Å². The minimum Gasteiger partial charge on any atom is -0.384 e. The Morgan fingerprint density at radius 1 is 1.37 bits per heavy atom. The fourth-order valence-corrected chi connectivity index (χ4v) is 2.42. The second kappa shape index (κ2) is 4.80. The lowest BCUT2D eigenvalue weighted by molar-refractivity contribution is 0.620. The molecule has 0 amide bonds. The van der Waals surface area contributed by atoms with Crippen molar-refractivity contribution in [2.45, 2.75) is 39.0 Å². The summed E-state index contributed by atoms with van der Waals surface area (Å²) in [6.45, 7) is 4.88. The Morgan fingerprint density at radius 3 is 2.84 bits per heavy atom. The van der Waals surface area contributed by atoms with Gasteiger partial charge in [-0.05, 0) is 44.4 Å². The Balaban J connectivity index is 2.17. The summed E-state index contributed by atoms with van der Waals surface area (Å²) >= 11 is 0. The molecule has 1 aliphatic rings. The molecule has 1 N–H and O–H groups in total. The van der Waals surface area contributed by atoms with Crippen LogP contribution in [0.2, 0.25) is 0 Å². The number of aryl methyl sites for hydroxylation is 1. The number of benzene rings is 1. The zero-order valence-corrected chi connectivity index (χ0v) is 11.5. The molecule has 0 atom stereocenters. The quantitative estimate of drug-likeness (QED) is 0.880. The summed E-state index contributed by atoms with van der Waals surface area (Å²) in [6, 6.07) is 5.51. The van der Waals surface area contributed by atoms with E-state index in [2.05, 4.69) is 23.3 Å². The van der Waals surface area contributed by atoms with Crippen molar-refractivity contribution < 1.29 is 4.39 Å². The lowest BCUT2D eigenvalue weighted by Crippen LogP contribution is -2.03. The molecule has 1 aliphatic carbocycles. The SMILES string of the molecule is CCCNc1cc(C2CC2)nc2c(C)c(F)ccc12. The summed E-state index contributed by atoms with van der Waals surface area (Å²) in [7, 11) is 0. The molecular formula is C16H19FN2. The summed E-state index contributed by atoms with van der Waals surface area (Å²) in [6.07, 6.45) is 3.49. The average Bonchev–Trinajstić information content (AvgIpc) is 3.24. The van der Waals surface area contributed by atoms with E-state index in [1.807, 2.05) is 13.0 Å². The van der Waals surface area contributed by atoms with Crippen LogP contribution in [-0.4, -0.2) is 11.5 Å². The maximum Gasteiger partial charge on any atom is 0.128 e. The van der Waals surface area contributed by atoms with Gasteiger partial charge in [-0.15, -0.1) is 0 Å². The first kappa shape index (κ1) is 12.4. The third-order valence-corrected chi connectivity index (χ3v) is 3.75. The molecule has 1 heterocycles. The maximum absolute atomic E-state index is 13.7. The van der Waals surface area contributed by atoms with Crippen molar-refractivity contribution in [3.05, 3.63) is 35.3 Å². The van der Waals surface area contributed by atoms with Crippen molar-refractivity contribution in [2.24, 2.45) is 0 Å². The van der Waals surface area contributed by atoms with Crippen molar-refractivity contribution in [2.75, 3.05) is 11.9 Å². The van der Waals surface area contributed by atoms with Crippen LogP contribution >= 0.6 is 0 Å². The minimum atomic E-state index is -0.172. The zero-order valence-electron chi connectivity index (χ0n) is 11.5. The van der Waals surface area contributed by atoms with Crippen molar-refractivity contribution in [3.8, 4) is 0 Å². The Morgan fingerprint density at radius 2 is 2.16 bits per heavy atom.